The molecule has 1 aromatic rings. The summed E-state index contributed by atoms with van der Waals surface area (Å²) in [6.07, 6.45) is 9.56. The summed E-state index contributed by atoms with van der Waals surface area (Å²) in [4.78, 5) is 0. The molecule has 2 rings (SSSR count). The third-order valence-corrected chi connectivity index (χ3v) is 4.62. The van der Waals surface area contributed by atoms with Crippen molar-refractivity contribution in [1.29, 1.82) is 0 Å². The van der Waals surface area contributed by atoms with Crippen LogP contribution in [0.2, 0.25) is 0 Å². The Morgan fingerprint density at radius 3 is 2.47 bits per heavy atom. The highest BCUT2D eigenvalue weighted by Gasteiger charge is 2.29. The third kappa shape index (κ3) is 3.99. The van der Waals surface area contributed by atoms with Crippen molar-refractivity contribution in [2.45, 2.75) is 59.9 Å². The monoisotopic (exact) mass is 263 g/mol. The molecule has 0 spiro atoms. The van der Waals surface area contributed by atoms with Crippen molar-refractivity contribution in [3.63, 3.8) is 0 Å². The van der Waals surface area contributed by atoms with E-state index in [0.29, 0.717) is 5.41 Å². The number of rotatable bonds is 4. The second-order valence-electron chi connectivity index (χ2n) is 7.05. The minimum absolute atomic E-state index is 0.487. The lowest BCUT2D eigenvalue weighted by atomic mass is 9.70. The van der Waals surface area contributed by atoms with Gasteiger partial charge in [0.2, 0.25) is 0 Å². The molecule has 0 bridgehead atoms. The van der Waals surface area contributed by atoms with E-state index < -0.39 is 0 Å². The van der Waals surface area contributed by atoms with Crippen LogP contribution in [0.3, 0.4) is 0 Å². The van der Waals surface area contributed by atoms with Crippen molar-refractivity contribution < 1.29 is 0 Å². The lowest BCUT2D eigenvalue weighted by Gasteiger charge is -2.37. The molecule has 108 valence electrons. The van der Waals surface area contributed by atoms with Crippen LogP contribution in [0.1, 0.15) is 53.4 Å². The Balaban J connectivity index is 1.74. The molecule has 0 unspecified atom stereocenters. The smallest absolute Gasteiger partial charge is 0.0726 e. The molecule has 0 aromatic carbocycles. The number of nitrogens with one attached hydrogen (secondary N) is 1. The van der Waals surface area contributed by atoms with Crippen LogP contribution in [0.5, 0.6) is 0 Å². The predicted molar refractivity (Wildman–Crippen MR) is 81.3 cm³/mol. The summed E-state index contributed by atoms with van der Waals surface area (Å²) in [5.41, 5.74) is 1.65. The normalized spacial score (nSPS) is 24.4. The molecule has 0 amide bonds. The summed E-state index contributed by atoms with van der Waals surface area (Å²) < 4.78 is 1.97. The highest BCUT2D eigenvalue weighted by atomic mass is 15.3. The average molecular weight is 263 g/mol. The molecule has 1 fully saturated rings. The van der Waals surface area contributed by atoms with E-state index >= 15 is 0 Å². The number of hydrogen-bond acceptors (Lipinski definition) is 2. The van der Waals surface area contributed by atoms with Crippen LogP contribution in [0.25, 0.3) is 0 Å². The SMILES string of the molecule is CCn1cc(NCC2CCC(C(C)(C)C)CC2)cn1. The Morgan fingerprint density at radius 2 is 1.95 bits per heavy atom. The van der Waals surface area contributed by atoms with Gasteiger partial charge in [-0.2, -0.15) is 5.10 Å². The molecule has 1 aliphatic rings. The first-order valence-electron chi connectivity index (χ1n) is 7.75. The Kier molecular flexibility index (Phi) is 4.54. The minimum atomic E-state index is 0.487. The van der Waals surface area contributed by atoms with Crippen LogP contribution in [0.15, 0.2) is 12.4 Å². The highest BCUT2D eigenvalue weighted by molar-refractivity contribution is 5.38. The molecule has 1 aromatic heterocycles. The second-order valence-corrected chi connectivity index (χ2v) is 7.05. The summed E-state index contributed by atoms with van der Waals surface area (Å²) in [5.74, 6) is 1.75. The van der Waals surface area contributed by atoms with Crippen LogP contribution in [-0.2, 0) is 6.54 Å². The van der Waals surface area contributed by atoms with Gasteiger partial charge in [0.05, 0.1) is 11.9 Å². The van der Waals surface area contributed by atoms with Crippen molar-refractivity contribution in [2.75, 3.05) is 11.9 Å². The quantitative estimate of drug-likeness (QED) is 0.883. The number of aromatic nitrogens is 2. The van der Waals surface area contributed by atoms with E-state index in [1.807, 2.05) is 10.9 Å². The van der Waals surface area contributed by atoms with E-state index in [9.17, 15) is 0 Å². The highest BCUT2D eigenvalue weighted by Crippen LogP contribution is 2.39. The van der Waals surface area contributed by atoms with Crippen LogP contribution < -0.4 is 5.32 Å². The molecular weight excluding hydrogens is 234 g/mol. The number of anilines is 1. The molecule has 3 heteroatoms. The molecule has 1 heterocycles. The van der Waals surface area contributed by atoms with Crippen LogP contribution in [0, 0.1) is 17.3 Å². The van der Waals surface area contributed by atoms with Crippen molar-refractivity contribution in [1.82, 2.24) is 9.78 Å². The molecule has 19 heavy (non-hydrogen) atoms. The van der Waals surface area contributed by atoms with Gasteiger partial charge < -0.3 is 5.32 Å². The summed E-state index contributed by atoms with van der Waals surface area (Å²) in [6.45, 7) is 11.3. The van der Waals surface area contributed by atoms with Crippen molar-refractivity contribution in [3.8, 4) is 0 Å². The van der Waals surface area contributed by atoms with Gasteiger partial charge in [-0.05, 0) is 49.9 Å². The van der Waals surface area contributed by atoms with Crippen molar-refractivity contribution in [3.05, 3.63) is 12.4 Å². The van der Waals surface area contributed by atoms with Gasteiger partial charge in [-0.15, -0.1) is 0 Å². The summed E-state index contributed by atoms with van der Waals surface area (Å²) in [6, 6.07) is 0. The molecule has 1 saturated carbocycles. The number of aryl methyl sites for hydroxylation is 1. The molecule has 1 N–H and O–H groups in total. The maximum absolute atomic E-state index is 4.30. The van der Waals surface area contributed by atoms with Gasteiger partial charge in [0.1, 0.15) is 0 Å². The van der Waals surface area contributed by atoms with E-state index in [1.165, 1.54) is 31.4 Å². The third-order valence-electron chi connectivity index (χ3n) is 4.62. The zero-order valence-corrected chi connectivity index (χ0v) is 12.9. The maximum Gasteiger partial charge on any atom is 0.0726 e. The lowest BCUT2D eigenvalue weighted by molar-refractivity contribution is 0.153. The number of hydrogen-bond donors (Lipinski definition) is 1. The molecule has 0 aliphatic heterocycles. The van der Waals surface area contributed by atoms with Gasteiger partial charge in [-0.1, -0.05) is 20.8 Å². The second kappa shape index (κ2) is 5.98. The van der Waals surface area contributed by atoms with Crippen molar-refractivity contribution in [2.24, 2.45) is 17.3 Å². The Hall–Kier alpha value is -0.990. The fourth-order valence-electron chi connectivity index (χ4n) is 3.12. The molecular formula is C16H29N3. The van der Waals surface area contributed by atoms with Gasteiger partial charge in [0.25, 0.3) is 0 Å². The summed E-state index contributed by atoms with van der Waals surface area (Å²) in [7, 11) is 0. The fourth-order valence-corrected chi connectivity index (χ4v) is 3.12. The zero-order chi connectivity index (χ0) is 13.9. The first kappa shape index (κ1) is 14.4. The van der Waals surface area contributed by atoms with E-state index in [4.69, 9.17) is 0 Å². The van der Waals surface area contributed by atoms with Gasteiger partial charge in [-0.25, -0.2) is 0 Å². The minimum Gasteiger partial charge on any atom is -0.382 e. The molecule has 0 radical (unpaired) electrons. The Labute approximate surface area is 117 Å². The van der Waals surface area contributed by atoms with E-state index in [2.05, 4.69) is 44.3 Å². The topological polar surface area (TPSA) is 29.9 Å². The molecule has 0 atom stereocenters. The molecule has 1 aliphatic carbocycles. The predicted octanol–water partition coefficient (Wildman–Crippen LogP) is 4.17. The summed E-state index contributed by atoms with van der Waals surface area (Å²) in [5, 5.41) is 7.84. The zero-order valence-electron chi connectivity index (χ0n) is 12.9. The van der Waals surface area contributed by atoms with Gasteiger partial charge >= 0.3 is 0 Å². The van der Waals surface area contributed by atoms with Crippen LogP contribution in [0.4, 0.5) is 5.69 Å². The Morgan fingerprint density at radius 1 is 1.26 bits per heavy atom. The largest absolute Gasteiger partial charge is 0.382 e. The Bertz CT molecular complexity index is 381. The molecule has 0 saturated heterocycles. The standard InChI is InChI=1S/C16H29N3/c1-5-19-12-15(11-18-19)17-10-13-6-8-14(9-7-13)16(2,3)4/h11-14,17H,5-10H2,1-4H3. The van der Waals surface area contributed by atoms with Gasteiger partial charge in [0, 0.05) is 19.3 Å². The fraction of sp³-hybridized carbons (Fsp3) is 0.812. The van der Waals surface area contributed by atoms with Crippen LogP contribution in [-0.4, -0.2) is 16.3 Å². The summed E-state index contributed by atoms with van der Waals surface area (Å²) >= 11 is 0. The lowest BCUT2D eigenvalue weighted by Crippen LogP contribution is -2.28. The van der Waals surface area contributed by atoms with E-state index in [0.717, 1.165) is 24.9 Å². The van der Waals surface area contributed by atoms with Crippen LogP contribution >= 0.6 is 0 Å². The first-order valence-corrected chi connectivity index (χ1v) is 7.75. The number of nitrogens with zero attached hydrogens (tertiary/aromatic N) is 2. The average Bonchev–Trinajstić information content (AvgIpc) is 2.84. The maximum atomic E-state index is 4.30. The van der Waals surface area contributed by atoms with Gasteiger partial charge in [0.15, 0.2) is 0 Å². The molecule has 3 nitrogen and oxygen atoms in total. The van der Waals surface area contributed by atoms with Crippen molar-refractivity contribution >= 4 is 5.69 Å². The van der Waals surface area contributed by atoms with Gasteiger partial charge in [-0.3, -0.25) is 4.68 Å². The van der Waals surface area contributed by atoms with E-state index in [1.54, 1.807) is 0 Å². The van der Waals surface area contributed by atoms with E-state index in [-0.39, 0.29) is 0 Å². The first-order chi connectivity index (χ1) is 8.99.